The van der Waals surface area contributed by atoms with Crippen LogP contribution in [0.2, 0.25) is 0 Å². The number of nitrogens with zero attached hydrogens (tertiary/aromatic N) is 5. The Labute approximate surface area is 156 Å². The molecule has 1 aromatic carbocycles. The van der Waals surface area contributed by atoms with Gasteiger partial charge < -0.3 is 10.6 Å². The molecule has 1 aliphatic carbocycles. The second kappa shape index (κ2) is 5.77. The highest BCUT2D eigenvalue weighted by Crippen LogP contribution is 2.43. The molecule has 134 valence electrons. The van der Waals surface area contributed by atoms with Crippen LogP contribution in [-0.2, 0) is 7.05 Å². The molecule has 1 amide bonds. The summed E-state index contributed by atoms with van der Waals surface area (Å²) in [6.07, 6.45) is 5.80. The molecular formula is C20H18N6O. The number of hydrogen-bond donors (Lipinski definition) is 1. The van der Waals surface area contributed by atoms with Crippen LogP contribution >= 0.6 is 0 Å². The Morgan fingerprint density at radius 2 is 1.85 bits per heavy atom. The maximum Gasteiger partial charge on any atom is 0.263 e. The lowest BCUT2D eigenvalue weighted by molar-refractivity contribution is 0.0844. The summed E-state index contributed by atoms with van der Waals surface area (Å²) in [7, 11) is 1.83. The Balaban J connectivity index is 1.74. The Hall–Kier alpha value is -3.48. The molecule has 7 nitrogen and oxygen atoms in total. The van der Waals surface area contributed by atoms with Crippen molar-refractivity contribution in [2.24, 2.45) is 7.05 Å². The average Bonchev–Trinajstić information content (AvgIpc) is 3.34. The molecule has 0 radical (unpaired) electrons. The molecule has 1 aliphatic heterocycles. The van der Waals surface area contributed by atoms with Gasteiger partial charge in [-0.05, 0) is 30.5 Å². The van der Waals surface area contributed by atoms with Gasteiger partial charge in [0, 0.05) is 19.3 Å². The second-order valence-corrected chi connectivity index (χ2v) is 6.88. The molecule has 2 N–H and O–H groups in total. The predicted octanol–water partition coefficient (Wildman–Crippen LogP) is 2.58. The van der Waals surface area contributed by atoms with Gasteiger partial charge in [-0.25, -0.2) is 9.97 Å². The lowest BCUT2D eigenvalue weighted by atomic mass is 10.1. The highest BCUT2D eigenvalue weighted by Gasteiger charge is 2.44. The van der Waals surface area contributed by atoms with Gasteiger partial charge in [-0.15, -0.1) is 0 Å². The summed E-state index contributed by atoms with van der Waals surface area (Å²) >= 11 is 0. The van der Waals surface area contributed by atoms with Crippen molar-refractivity contribution in [2.75, 3.05) is 5.73 Å². The van der Waals surface area contributed by atoms with E-state index in [9.17, 15) is 4.79 Å². The number of benzene rings is 1. The fourth-order valence-corrected chi connectivity index (χ4v) is 3.48. The largest absolute Gasteiger partial charge is 0.368 e. The molecule has 2 aromatic heterocycles. The summed E-state index contributed by atoms with van der Waals surface area (Å²) < 4.78 is 1.68. The first-order chi connectivity index (χ1) is 13.1. The van der Waals surface area contributed by atoms with Gasteiger partial charge in [-0.1, -0.05) is 30.3 Å². The van der Waals surface area contributed by atoms with Crippen LogP contribution in [0.5, 0.6) is 0 Å². The average molecular weight is 358 g/mol. The number of aryl methyl sites for hydroxylation is 1. The van der Waals surface area contributed by atoms with Crippen LogP contribution in [0.1, 0.15) is 34.5 Å². The monoisotopic (exact) mass is 358 g/mol. The minimum atomic E-state index is -0.0738. The van der Waals surface area contributed by atoms with Crippen molar-refractivity contribution in [1.82, 2.24) is 24.6 Å². The van der Waals surface area contributed by atoms with Gasteiger partial charge in [0.25, 0.3) is 5.91 Å². The Morgan fingerprint density at radius 3 is 2.52 bits per heavy atom. The van der Waals surface area contributed by atoms with E-state index in [1.54, 1.807) is 4.68 Å². The number of nitrogen functional groups attached to an aromatic ring is 1. The minimum Gasteiger partial charge on any atom is -0.368 e. The van der Waals surface area contributed by atoms with Crippen molar-refractivity contribution in [3.8, 4) is 11.4 Å². The molecule has 0 atom stereocenters. The van der Waals surface area contributed by atoms with Gasteiger partial charge in [-0.2, -0.15) is 5.10 Å². The zero-order chi connectivity index (χ0) is 18.5. The molecule has 1 fully saturated rings. The maximum atomic E-state index is 13.3. The normalized spacial score (nSPS) is 17.6. The van der Waals surface area contributed by atoms with Gasteiger partial charge >= 0.3 is 0 Å². The molecule has 5 rings (SSSR count). The van der Waals surface area contributed by atoms with E-state index < -0.39 is 0 Å². The molecule has 2 aliphatic rings. The van der Waals surface area contributed by atoms with Gasteiger partial charge in [0.2, 0.25) is 5.95 Å². The van der Waals surface area contributed by atoms with Crippen molar-refractivity contribution in [1.29, 1.82) is 0 Å². The van der Waals surface area contributed by atoms with Crippen LogP contribution in [0.25, 0.3) is 23.2 Å². The van der Waals surface area contributed by atoms with E-state index in [1.165, 1.54) is 0 Å². The number of rotatable bonds is 3. The third-order valence-corrected chi connectivity index (χ3v) is 4.83. The van der Waals surface area contributed by atoms with E-state index >= 15 is 0 Å². The Kier molecular flexibility index (Phi) is 3.36. The number of aromatic nitrogens is 4. The third kappa shape index (κ3) is 2.59. The van der Waals surface area contributed by atoms with E-state index in [-0.39, 0.29) is 17.9 Å². The van der Waals surface area contributed by atoms with Crippen molar-refractivity contribution in [2.45, 2.75) is 18.9 Å². The standard InChI is InChI=1S/C20H18N6O/c1-25-10-9-14(24-25)17-16-18(23-20(21)22-17)15(11-12-5-3-2-4-6-12)26(19(16)27)13-7-8-13/h2-6,9-11,13H,7-8H2,1H3,(H2,21,22,23)/b15-11+. The summed E-state index contributed by atoms with van der Waals surface area (Å²) in [6.45, 7) is 0. The van der Waals surface area contributed by atoms with Crippen molar-refractivity contribution in [3.63, 3.8) is 0 Å². The van der Waals surface area contributed by atoms with E-state index in [0.717, 1.165) is 24.1 Å². The number of nitrogens with two attached hydrogens (primary N) is 1. The third-order valence-electron chi connectivity index (χ3n) is 4.83. The highest BCUT2D eigenvalue weighted by atomic mass is 16.2. The Morgan fingerprint density at radius 1 is 1.11 bits per heavy atom. The second-order valence-electron chi connectivity index (χ2n) is 6.88. The Bertz CT molecular complexity index is 1080. The van der Waals surface area contributed by atoms with Crippen LogP contribution in [0.15, 0.2) is 42.6 Å². The van der Waals surface area contributed by atoms with Crippen LogP contribution in [-0.4, -0.2) is 36.6 Å². The number of carbonyl (C=O) groups excluding carboxylic acids is 1. The summed E-state index contributed by atoms with van der Waals surface area (Å²) in [6, 6.07) is 12.0. The molecule has 3 aromatic rings. The first-order valence-electron chi connectivity index (χ1n) is 8.90. The predicted molar refractivity (Wildman–Crippen MR) is 102 cm³/mol. The summed E-state index contributed by atoms with van der Waals surface area (Å²) in [5.74, 6) is 0.0640. The maximum absolute atomic E-state index is 13.3. The van der Waals surface area contributed by atoms with Crippen LogP contribution in [0.4, 0.5) is 5.95 Å². The van der Waals surface area contributed by atoms with Gasteiger partial charge in [0.15, 0.2) is 0 Å². The fraction of sp³-hybridized carbons (Fsp3) is 0.200. The molecule has 0 bridgehead atoms. The zero-order valence-corrected chi connectivity index (χ0v) is 14.8. The fourth-order valence-electron chi connectivity index (χ4n) is 3.48. The lowest BCUT2D eigenvalue weighted by Crippen LogP contribution is -2.25. The quantitative estimate of drug-likeness (QED) is 0.777. The summed E-state index contributed by atoms with van der Waals surface area (Å²) in [4.78, 5) is 24.0. The minimum absolute atomic E-state index is 0.0738. The van der Waals surface area contributed by atoms with Crippen LogP contribution in [0, 0.1) is 0 Å². The zero-order valence-electron chi connectivity index (χ0n) is 14.8. The van der Waals surface area contributed by atoms with E-state index in [1.807, 2.05) is 60.6 Å². The highest BCUT2D eigenvalue weighted by molar-refractivity contribution is 6.14. The van der Waals surface area contributed by atoms with E-state index in [2.05, 4.69) is 15.1 Å². The summed E-state index contributed by atoms with van der Waals surface area (Å²) in [5.41, 5.74) is 9.98. The number of hydrogen-bond acceptors (Lipinski definition) is 5. The smallest absolute Gasteiger partial charge is 0.263 e. The molecule has 0 unspecified atom stereocenters. The van der Waals surface area contributed by atoms with Gasteiger partial charge in [0.05, 0.1) is 11.3 Å². The molecule has 3 heterocycles. The number of fused-ring (bicyclic) bond motifs is 1. The summed E-state index contributed by atoms with van der Waals surface area (Å²) in [5, 5.41) is 4.41. The first-order valence-corrected chi connectivity index (χ1v) is 8.90. The number of anilines is 1. The molecule has 0 saturated heterocycles. The lowest BCUT2D eigenvalue weighted by Gasteiger charge is -2.17. The molecule has 27 heavy (non-hydrogen) atoms. The molecular weight excluding hydrogens is 340 g/mol. The molecule has 1 saturated carbocycles. The van der Waals surface area contributed by atoms with Crippen LogP contribution in [0.3, 0.4) is 0 Å². The SMILES string of the molecule is Cn1ccc(-c2nc(N)nc3c2C(=O)N(C2CC2)/C3=C/c2ccccc2)n1. The van der Waals surface area contributed by atoms with Crippen LogP contribution < -0.4 is 5.73 Å². The number of amides is 1. The molecule has 0 spiro atoms. The van der Waals surface area contributed by atoms with Gasteiger partial charge in [-0.3, -0.25) is 9.48 Å². The molecule has 7 heteroatoms. The topological polar surface area (TPSA) is 89.9 Å². The number of carbonyl (C=O) groups is 1. The first kappa shape index (κ1) is 15.7. The van der Waals surface area contributed by atoms with Crippen molar-refractivity contribution in [3.05, 3.63) is 59.4 Å². The van der Waals surface area contributed by atoms with Crippen molar-refractivity contribution < 1.29 is 4.79 Å². The van der Waals surface area contributed by atoms with Crippen molar-refractivity contribution >= 4 is 23.6 Å². The van der Waals surface area contributed by atoms with E-state index in [0.29, 0.717) is 22.6 Å². The van der Waals surface area contributed by atoms with E-state index in [4.69, 9.17) is 5.73 Å². The van der Waals surface area contributed by atoms with Gasteiger partial charge in [0.1, 0.15) is 17.1 Å².